The Morgan fingerprint density at radius 1 is 1.10 bits per heavy atom. The predicted octanol–water partition coefficient (Wildman–Crippen LogP) is 2.54. The van der Waals surface area contributed by atoms with Gasteiger partial charge in [0.2, 0.25) is 0 Å². The van der Waals surface area contributed by atoms with Crippen molar-refractivity contribution in [2.24, 2.45) is 0 Å². The highest BCUT2D eigenvalue weighted by Gasteiger charge is 2.14. The van der Waals surface area contributed by atoms with Crippen LogP contribution in [0.15, 0.2) is 24.3 Å². The molecule has 1 fully saturated rings. The number of likely N-dealkylation sites (N-methyl/N-ethyl adjacent to an activating group) is 1. The zero-order valence-electron chi connectivity index (χ0n) is 13.9. The lowest BCUT2D eigenvalue weighted by atomic mass is 9.99. The van der Waals surface area contributed by atoms with Crippen LogP contribution in [0.2, 0.25) is 0 Å². The van der Waals surface area contributed by atoms with Crippen molar-refractivity contribution < 1.29 is 0 Å². The fourth-order valence-electron chi connectivity index (χ4n) is 2.83. The second-order valence-corrected chi connectivity index (χ2v) is 6.43. The molecule has 1 aromatic rings. The third-order valence-electron chi connectivity index (χ3n) is 4.43. The fraction of sp³-hybridized carbons (Fsp3) is 0.667. The van der Waals surface area contributed by atoms with Gasteiger partial charge in [0, 0.05) is 39.3 Å². The molecule has 1 N–H and O–H groups in total. The normalized spacial score (nSPS) is 18.8. The van der Waals surface area contributed by atoms with Crippen LogP contribution in [0.4, 0.5) is 0 Å². The minimum absolute atomic E-state index is 0.592. The highest BCUT2D eigenvalue weighted by atomic mass is 15.2. The number of nitrogens with zero attached hydrogens (tertiary/aromatic N) is 2. The van der Waals surface area contributed by atoms with Crippen molar-refractivity contribution in [3.8, 4) is 0 Å². The summed E-state index contributed by atoms with van der Waals surface area (Å²) < 4.78 is 0. The van der Waals surface area contributed by atoms with Crippen LogP contribution in [0.5, 0.6) is 0 Å². The summed E-state index contributed by atoms with van der Waals surface area (Å²) in [6.45, 7) is 12.6. The van der Waals surface area contributed by atoms with E-state index in [0.717, 1.165) is 19.6 Å². The van der Waals surface area contributed by atoms with Crippen LogP contribution >= 0.6 is 0 Å². The Kier molecular flexibility index (Phi) is 6.68. The van der Waals surface area contributed by atoms with E-state index in [2.05, 4.69) is 60.3 Å². The molecule has 0 amide bonds. The topological polar surface area (TPSA) is 18.5 Å². The number of nitrogens with one attached hydrogen (secondary N) is 1. The van der Waals surface area contributed by atoms with Gasteiger partial charge in [0.1, 0.15) is 0 Å². The molecule has 1 saturated heterocycles. The van der Waals surface area contributed by atoms with Crippen molar-refractivity contribution in [3.63, 3.8) is 0 Å². The summed E-state index contributed by atoms with van der Waals surface area (Å²) in [4.78, 5) is 4.96. The zero-order chi connectivity index (χ0) is 15.1. The first-order valence-corrected chi connectivity index (χ1v) is 8.39. The average Bonchev–Trinajstić information content (AvgIpc) is 2.50. The highest BCUT2D eigenvalue weighted by molar-refractivity contribution is 5.25. The van der Waals surface area contributed by atoms with Crippen molar-refractivity contribution in [2.75, 3.05) is 46.3 Å². The standard InChI is InChI=1S/C18H31N3/c1-4-9-19-14-16(2)18-7-5-17(6-8-18)15-21-12-10-20(3)11-13-21/h5-8,16,19H,4,9-15H2,1-3H3. The summed E-state index contributed by atoms with van der Waals surface area (Å²) in [6, 6.07) is 9.24. The summed E-state index contributed by atoms with van der Waals surface area (Å²) in [7, 11) is 2.21. The van der Waals surface area contributed by atoms with E-state index in [1.807, 2.05) is 0 Å². The van der Waals surface area contributed by atoms with Gasteiger partial charge >= 0.3 is 0 Å². The summed E-state index contributed by atoms with van der Waals surface area (Å²) in [6.07, 6.45) is 1.21. The van der Waals surface area contributed by atoms with Gasteiger partial charge in [0.15, 0.2) is 0 Å². The quantitative estimate of drug-likeness (QED) is 0.778. The van der Waals surface area contributed by atoms with Crippen molar-refractivity contribution in [1.82, 2.24) is 15.1 Å². The Hall–Kier alpha value is -0.900. The molecule has 0 bridgehead atoms. The minimum Gasteiger partial charge on any atom is -0.316 e. The molecular weight excluding hydrogens is 258 g/mol. The van der Waals surface area contributed by atoms with E-state index in [4.69, 9.17) is 0 Å². The molecule has 3 nitrogen and oxygen atoms in total. The molecule has 118 valence electrons. The van der Waals surface area contributed by atoms with Crippen LogP contribution in [0.3, 0.4) is 0 Å². The van der Waals surface area contributed by atoms with Crippen LogP contribution in [-0.4, -0.2) is 56.1 Å². The van der Waals surface area contributed by atoms with E-state index >= 15 is 0 Å². The van der Waals surface area contributed by atoms with Crippen LogP contribution < -0.4 is 5.32 Å². The largest absolute Gasteiger partial charge is 0.316 e. The Labute approximate surface area is 130 Å². The van der Waals surface area contributed by atoms with Crippen LogP contribution in [0.1, 0.15) is 37.3 Å². The number of piperazine rings is 1. The average molecular weight is 289 g/mol. The second-order valence-electron chi connectivity index (χ2n) is 6.43. The van der Waals surface area contributed by atoms with Gasteiger partial charge in [0.25, 0.3) is 0 Å². The number of hydrogen-bond donors (Lipinski definition) is 1. The molecule has 3 heteroatoms. The van der Waals surface area contributed by atoms with Crippen molar-refractivity contribution in [1.29, 1.82) is 0 Å². The van der Waals surface area contributed by atoms with Gasteiger partial charge < -0.3 is 10.2 Å². The van der Waals surface area contributed by atoms with E-state index in [0.29, 0.717) is 5.92 Å². The molecule has 2 rings (SSSR count). The molecule has 1 heterocycles. The van der Waals surface area contributed by atoms with Gasteiger partial charge in [-0.25, -0.2) is 0 Å². The molecule has 1 aliphatic rings. The highest BCUT2D eigenvalue weighted by Crippen LogP contribution is 2.16. The first-order chi connectivity index (χ1) is 10.2. The van der Waals surface area contributed by atoms with Crippen LogP contribution in [0.25, 0.3) is 0 Å². The van der Waals surface area contributed by atoms with Gasteiger partial charge in [-0.05, 0) is 37.1 Å². The maximum Gasteiger partial charge on any atom is 0.0234 e. The Bertz CT molecular complexity index is 393. The van der Waals surface area contributed by atoms with E-state index in [1.54, 1.807) is 0 Å². The van der Waals surface area contributed by atoms with Gasteiger partial charge in [-0.1, -0.05) is 38.1 Å². The Morgan fingerprint density at radius 3 is 2.38 bits per heavy atom. The number of hydrogen-bond acceptors (Lipinski definition) is 3. The third kappa shape index (κ3) is 5.42. The zero-order valence-corrected chi connectivity index (χ0v) is 13.9. The molecule has 1 atom stereocenters. The predicted molar refractivity (Wildman–Crippen MR) is 90.8 cm³/mol. The SMILES string of the molecule is CCCNCC(C)c1ccc(CN2CCN(C)CC2)cc1. The van der Waals surface area contributed by atoms with E-state index in [1.165, 1.54) is 43.7 Å². The fourth-order valence-corrected chi connectivity index (χ4v) is 2.83. The molecule has 1 aromatic carbocycles. The summed E-state index contributed by atoms with van der Waals surface area (Å²) >= 11 is 0. The van der Waals surface area contributed by atoms with Crippen molar-refractivity contribution in [2.45, 2.75) is 32.7 Å². The maximum absolute atomic E-state index is 3.50. The molecule has 0 aromatic heterocycles. The van der Waals surface area contributed by atoms with Gasteiger partial charge in [-0.15, -0.1) is 0 Å². The van der Waals surface area contributed by atoms with E-state index in [-0.39, 0.29) is 0 Å². The molecule has 1 aliphatic heterocycles. The lowest BCUT2D eigenvalue weighted by molar-refractivity contribution is 0.148. The van der Waals surface area contributed by atoms with Crippen molar-refractivity contribution in [3.05, 3.63) is 35.4 Å². The summed E-state index contributed by atoms with van der Waals surface area (Å²) in [5, 5.41) is 3.50. The molecule has 0 radical (unpaired) electrons. The lowest BCUT2D eigenvalue weighted by Gasteiger charge is -2.32. The first kappa shape index (κ1) is 16.5. The smallest absolute Gasteiger partial charge is 0.0234 e. The first-order valence-electron chi connectivity index (χ1n) is 8.39. The van der Waals surface area contributed by atoms with Crippen LogP contribution in [-0.2, 0) is 6.54 Å². The summed E-state index contributed by atoms with van der Waals surface area (Å²) in [5.74, 6) is 0.592. The molecule has 0 spiro atoms. The minimum atomic E-state index is 0.592. The molecular formula is C18H31N3. The van der Waals surface area contributed by atoms with E-state index in [9.17, 15) is 0 Å². The molecule has 0 aliphatic carbocycles. The second kappa shape index (κ2) is 8.52. The number of benzene rings is 1. The van der Waals surface area contributed by atoms with E-state index < -0.39 is 0 Å². The maximum atomic E-state index is 3.50. The monoisotopic (exact) mass is 289 g/mol. The van der Waals surface area contributed by atoms with Crippen LogP contribution in [0, 0.1) is 0 Å². The van der Waals surface area contributed by atoms with Gasteiger partial charge in [-0.2, -0.15) is 0 Å². The van der Waals surface area contributed by atoms with Crippen molar-refractivity contribution >= 4 is 0 Å². The third-order valence-corrected chi connectivity index (χ3v) is 4.43. The molecule has 21 heavy (non-hydrogen) atoms. The molecule has 1 unspecified atom stereocenters. The Morgan fingerprint density at radius 2 is 1.76 bits per heavy atom. The summed E-state index contributed by atoms with van der Waals surface area (Å²) in [5.41, 5.74) is 2.89. The van der Waals surface area contributed by atoms with Gasteiger partial charge in [-0.3, -0.25) is 4.90 Å². The lowest BCUT2D eigenvalue weighted by Crippen LogP contribution is -2.43. The van der Waals surface area contributed by atoms with Gasteiger partial charge in [0.05, 0.1) is 0 Å². The Balaban J connectivity index is 1.81. The number of rotatable bonds is 7. The molecule has 0 saturated carbocycles.